The molecule has 1 aliphatic carbocycles. The molecule has 2 aromatic carbocycles. The molecule has 9 nitrogen and oxygen atoms in total. The molecule has 0 unspecified atom stereocenters. The first-order chi connectivity index (χ1) is 14.7. The largest absolute Gasteiger partial charge is 0.481 e. The predicted octanol–water partition coefficient (Wildman–Crippen LogP) is 2.64. The molecule has 0 heterocycles. The van der Waals surface area contributed by atoms with Gasteiger partial charge in [0.1, 0.15) is 18.7 Å². The van der Waals surface area contributed by atoms with Crippen LogP contribution in [-0.2, 0) is 19.1 Å². The minimum absolute atomic E-state index is 0.158. The van der Waals surface area contributed by atoms with Crippen molar-refractivity contribution in [1.29, 1.82) is 0 Å². The summed E-state index contributed by atoms with van der Waals surface area (Å²) in [6, 6.07) is 11.7. The molecule has 1 aliphatic rings. The molecule has 0 fully saturated rings. The van der Waals surface area contributed by atoms with Gasteiger partial charge in [0.15, 0.2) is 0 Å². The highest BCUT2D eigenvalue weighted by Gasteiger charge is 2.39. The van der Waals surface area contributed by atoms with Gasteiger partial charge in [0.05, 0.1) is 6.42 Å². The zero-order valence-corrected chi connectivity index (χ0v) is 16.6. The van der Waals surface area contributed by atoms with Gasteiger partial charge < -0.3 is 20.1 Å². The molecule has 0 radical (unpaired) electrons. The van der Waals surface area contributed by atoms with Crippen molar-refractivity contribution in [3.8, 4) is 11.1 Å². The van der Waals surface area contributed by atoms with E-state index in [0.717, 1.165) is 29.2 Å². The number of carbonyl (C=O) groups excluding carboxylic acids is 1. The van der Waals surface area contributed by atoms with E-state index in [4.69, 9.17) is 9.84 Å². The maximum Gasteiger partial charge on any atom is 0.411 e. The van der Waals surface area contributed by atoms with Crippen LogP contribution in [0.2, 0.25) is 0 Å². The summed E-state index contributed by atoms with van der Waals surface area (Å²) in [7, 11) is 0. The van der Waals surface area contributed by atoms with Crippen molar-refractivity contribution in [1.82, 2.24) is 4.90 Å². The number of rotatable bonds is 8. The van der Waals surface area contributed by atoms with Gasteiger partial charge in [-0.1, -0.05) is 48.5 Å². The fourth-order valence-electron chi connectivity index (χ4n) is 3.81. The first kappa shape index (κ1) is 21.8. The fourth-order valence-corrected chi connectivity index (χ4v) is 3.81. The molecule has 162 valence electrons. The number of fused-ring (bicyclic) bond motifs is 3. The summed E-state index contributed by atoms with van der Waals surface area (Å²) >= 11 is 0. The summed E-state index contributed by atoms with van der Waals surface area (Å²) in [5.74, 6) is -4.92. The van der Waals surface area contributed by atoms with Crippen molar-refractivity contribution in [2.24, 2.45) is 0 Å². The molecule has 0 spiro atoms. The summed E-state index contributed by atoms with van der Waals surface area (Å²) in [5.41, 5.74) is 3.83. The number of hydrogen-bond acceptors (Lipinski definition) is 5. The summed E-state index contributed by atoms with van der Waals surface area (Å²) in [4.78, 5) is 47.4. The van der Waals surface area contributed by atoms with E-state index >= 15 is 0 Å². The minimum Gasteiger partial charge on any atom is -0.481 e. The number of hydrogen-bond donors (Lipinski definition) is 3. The average molecular weight is 427 g/mol. The molecule has 31 heavy (non-hydrogen) atoms. The molecule has 3 rings (SSSR count). The van der Waals surface area contributed by atoms with E-state index < -0.39 is 42.5 Å². The van der Waals surface area contributed by atoms with Gasteiger partial charge in [-0.3, -0.25) is 9.69 Å². The Morgan fingerprint density at radius 1 is 0.903 bits per heavy atom. The van der Waals surface area contributed by atoms with Crippen molar-refractivity contribution >= 4 is 24.0 Å². The summed E-state index contributed by atoms with van der Waals surface area (Å²) < 4.78 is 5.35. The van der Waals surface area contributed by atoms with E-state index in [-0.39, 0.29) is 12.5 Å². The van der Waals surface area contributed by atoms with Gasteiger partial charge in [0, 0.05) is 5.92 Å². The van der Waals surface area contributed by atoms with Crippen LogP contribution in [0.15, 0.2) is 48.5 Å². The molecule has 2 aromatic rings. The topological polar surface area (TPSA) is 141 Å². The summed E-state index contributed by atoms with van der Waals surface area (Å²) in [5, 5.41) is 27.7. The van der Waals surface area contributed by atoms with Gasteiger partial charge in [0.2, 0.25) is 0 Å². The summed E-state index contributed by atoms with van der Waals surface area (Å²) in [6.45, 7) is 0.941. The van der Waals surface area contributed by atoms with E-state index in [1.807, 2.05) is 48.5 Å². The average Bonchev–Trinajstić information content (AvgIpc) is 3.05. The third-order valence-corrected chi connectivity index (χ3v) is 5.31. The van der Waals surface area contributed by atoms with Crippen LogP contribution in [-0.4, -0.2) is 62.9 Å². The smallest absolute Gasteiger partial charge is 0.411 e. The van der Waals surface area contributed by atoms with Gasteiger partial charge >= 0.3 is 24.0 Å². The number of carboxylic acids is 3. The summed E-state index contributed by atoms with van der Waals surface area (Å²) in [6.07, 6.45) is -2.16. The first-order valence-electron chi connectivity index (χ1n) is 9.53. The Bertz CT molecular complexity index is 988. The van der Waals surface area contributed by atoms with Crippen LogP contribution in [0, 0.1) is 0 Å². The zero-order chi connectivity index (χ0) is 22.7. The maximum atomic E-state index is 12.8. The highest BCUT2D eigenvalue weighted by atomic mass is 16.6. The minimum atomic E-state index is -1.89. The predicted molar refractivity (Wildman–Crippen MR) is 108 cm³/mol. The van der Waals surface area contributed by atoms with E-state index in [2.05, 4.69) is 0 Å². The number of carboxylic acid groups (broad SMARTS) is 3. The number of aliphatic carboxylic acids is 3. The van der Waals surface area contributed by atoms with Gasteiger partial charge in [0.25, 0.3) is 0 Å². The van der Waals surface area contributed by atoms with Gasteiger partial charge in [-0.05, 0) is 29.2 Å². The normalized spacial score (nSPS) is 14.1. The molecule has 0 saturated heterocycles. The highest BCUT2D eigenvalue weighted by molar-refractivity contribution is 5.88. The Hall–Kier alpha value is -3.88. The molecule has 2 atom stereocenters. The molecule has 9 heteroatoms. The molecule has 0 saturated carbocycles. The number of benzene rings is 2. The van der Waals surface area contributed by atoms with Crippen LogP contribution in [0.3, 0.4) is 0 Å². The fraction of sp³-hybridized carbons (Fsp3) is 0.273. The van der Waals surface area contributed by atoms with E-state index in [1.165, 1.54) is 0 Å². The van der Waals surface area contributed by atoms with Crippen molar-refractivity contribution in [2.75, 3.05) is 6.61 Å². The zero-order valence-electron chi connectivity index (χ0n) is 16.6. The van der Waals surface area contributed by atoms with Crippen LogP contribution in [0.4, 0.5) is 4.79 Å². The van der Waals surface area contributed by atoms with Crippen molar-refractivity contribution in [3.05, 3.63) is 59.7 Å². The Kier molecular flexibility index (Phi) is 6.24. The lowest BCUT2D eigenvalue weighted by Crippen LogP contribution is -2.53. The van der Waals surface area contributed by atoms with Crippen LogP contribution in [0.5, 0.6) is 0 Å². The van der Waals surface area contributed by atoms with Crippen LogP contribution < -0.4 is 0 Å². The van der Waals surface area contributed by atoms with E-state index in [0.29, 0.717) is 4.90 Å². The first-order valence-corrected chi connectivity index (χ1v) is 9.53. The highest BCUT2D eigenvalue weighted by Crippen LogP contribution is 2.44. The second-order valence-corrected chi connectivity index (χ2v) is 7.18. The molecule has 1 amide bonds. The second kappa shape index (κ2) is 8.86. The van der Waals surface area contributed by atoms with E-state index in [1.54, 1.807) is 0 Å². The molecule has 0 bridgehead atoms. The number of ether oxygens (including phenoxy) is 1. The molecular weight excluding hydrogens is 406 g/mol. The molecule has 0 aromatic heterocycles. The van der Waals surface area contributed by atoms with Crippen LogP contribution in [0.1, 0.15) is 30.4 Å². The molecular formula is C22H21NO8. The van der Waals surface area contributed by atoms with Gasteiger partial charge in [-0.15, -0.1) is 0 Å². The van der Waals surface area contributed by atoms with Gasteiger partial charge in [-0.25, -0.2) is 14.4 Å². The Morgan fingerprint density at radius 3 is 1.87 bits per heavy atom. The lowest BCUT2D eigenvalue weighted by Gasteiger charge is -2.31. The maximum absolute atomic E-state index is 12.8. The van der Waals surface area contributed by atoms with Crippen molar-refractivity contribution in [3.63, 3.8) is 0 Å². The van der Waals surface area contributed by atoms with Crippen molar-refractivity contribution in [2.45, 2.75) is 31.3 Å². The van der Waals surface area contributed by atoms with Crippen LogP contribution >= 0.6 is 0 Å². The SMILES string of the molecule is C[C@H](C(=O)O)N(C(=O)OCC1c2ccccc2-c2ccccc21)[C@@H](CC(=O)O)C(=O)O. The molecule has 3 N–H and O–H groups in total. The Balaban J connectivity index is 1.87. The number of carbonyl (C=O) groups is 4. The quantitative estimate of drug-likeness (QED) is 0.584. The Morgan fingerprint density at radius 2 is 1.42 bits per heavy atom. The lowest BCUT2D eigenvalue weighted by molar-refractivity contribution is -0.153. The number of amides is 1. The lowest BCUT2D eigenvalue weighted by atomic mass is 9.98. The van der Waals surface area contributed by atoms with Crippen molar-refractivity contribution < 1.29 is 39.2 Å². The molecule has 0 aliphatic heterocycles. The number of nitrogens with zero attached hydrogens (tertiary/aromatic N) is 1. The monoisotopic (exact) mass is 427 g/mol. The third kappa shape index (κ3) is 4.35. The van der Waals surface area contributed by atoms with Crippen LogP contribution in [0.25, 0.3) is 11.1 Å². The third-order valence-electron chi connectivity index (χ3n) is 5.31. The van der Waals surface area contributed by atoms with Gasteiger partial charge in [-0.2, -0.15) is 0 Å². The second-order valence-electron chi connectivity index (χ2n) is 7.18. The Labute approximate surface area is 177 Å². The van der Waals surface area contributed by atoms with E-state index in [9.17, 15) is 29.4 Å². The standard InChI is InChI=1S/C22H21NO8/c1-12(20(26)27)23(18(21(28)29)10-19(24)25)22(30)31-11-17-15-8-4-2-6-13(15)14-7-3-5-9-16(14)17/h2-9,12,17-18H,10-11H2,1H3,(H,24,25)(H,26,27)(H,28,29)/t12-,18+/m1/s1.